The van der Waals surface area contributed by atoms with E-state index in [2.05, 4.69) is 14.7 Å². The van der Waals surface area contributed by atoms with Crippen molar-refractivity contribution in [2.45, 2.75) is 46.0 Å². The second-order valence-electron chi connectivity index (χ2n) is 6.53. The Balaban J connectivity index is 2.92. The van der Waals surface area contributed by atoms with Gasteiger partial charge in [0, 0.05) is 25.4 Å². The number of rotatable bonds is 5. The minimum atomic E-state index is -0.438. The molecule has 23 heavy (non-hydrogen) atoms. The zero-order valence-electron chi connectivity index (χ0n) is 14.6. The van der Waals surface area contributed by atoms with E-state index < -0.39 is 11.5 Å². The fraction of sp³-hybridized carbons (Fsp3) is 0.625. The molecule has 0 bridgehead atoms. The van der Waals surface area contributed by atoms with Crippen LogP contribution in [0.3, 0.4) is 0 Å². The predicted octanol–water partition coefficient (Wildman–Crippen LogP) is 1.40. The quantitative estimate of drug-likeness (QED) is 0.827. The van der Waals surface area contributed by atoms with E-state index in [1.165, 1.54) is 12.0 Å². The zero-order valence-corrected chi connectivity index (χ0v) is 14.6. The third-order valence-corrected chi connectivity index (χ3v) is 3.47. The number of hydrogen-bond acceptors (Lipinski definition) is 5. The van der Waals surface area contributed by atoms with Gasteiger partial charge in [-0.1, -0.05) is 20.8 Å². The van der Waals surface area contributed by atoms with Gasteiger partial charge in [0.15, 0.2) is 0 Å². The number of amides is 1. The molecule has 0 fully saturated rings. The molecule has 7 heteroatoms. The smallest absolute Gasteiger partial charge is 0.305 e. The van der Waals surface area contributed by atoms with Crippen molar-refractivity contribution in [2.75, 3.05) is 20.7 Å². The lowest BCUT2D eigenvalue weighted by molar-refractivity contribution is -0.140. The number of carbonyl (C=O) groups excluding carboxylic acids is 2. The second-order valence-corrected chi connectivity index (χ2v) is 6.53. The average molecular weight is 323 g/mol. The summed E-state index contributed by atoms with van der Waals surface area (Å²) in [5.74, 6) is -0.178. The van der Waals surface area contributed by atoms with E-state index in [-0.39, 0.29) is 23.4 Å². The Kier molecular flexibility index (Phi) is 6.06. The first-order valence-corrected chi connectivity index (χ1v) is 7.51. The highest BCUT2D eigenvalue weighted by Gasteiger charge is 2.23. The molecule has 0 atom stereocenters. The number of carbonyl (C=O) groups is 2. The lowest BCUT2D eigenvalue weighted by atomic mass is 9.95. The van der Waals surface area contributed by atoms with Crippen molar-refractivity contribution in [3.05, 3.63) is 27.4 Å². The Morgan fingerprint density at radius 2 is 1.91 bits per heavy atom. The molecule has 1 amide bonds. The van der Waals surface area contributed by atoms with Crippen molar-refractivity contribution in [1.29, 1.82) is 0 Å². The van der Waals surface area contributed by atoms with Crippen molar-refractivity contribution in [3.63, 3.8) is 0 Å². The van der Waals surface area contributed by atoms with Gasteiger partial charge in [0.2, 0.25) is 0 Å². The van der Waals surface area contributed by atoms with Crippen molar-refractivity contribution < 1.29 is 14.3 Å². The first-order valence-electron chi connectivity index (χ1n) is 7.51. The summed E-state index contributed by atoms with van der Waals surface area (Å²) >= 11 is 0. The van der Waals surface area contributed by atoms with Crippen LogP contribution in [0, 0.1) is 6.92 Å². The summed E-state index contributed by atoms with van der Waals surface area (Å²) in [6, 6.07) is 0. The van der Waals surface area contributed by atoms with Crippen LogP contribution in [0.4, 0.5) is 0 Å². The maximum Gasteiger partial charge on any atom is 0.305 e. The van der Waals surface area contributed by atoms with Gasteiger partial charge in [0.05, 0.1) is 12.8 Å². The molecule has 0 aliphatic carbocycles. The van der Waals surface area contributed by atoms with Gasteiger partial charge < -0.3 is 14.6 Å². The Labute approximate surface area is 136 Å². The van der Waals surface area contributed by atoms with Crippen LogP contribution in [0.25, 0.3) is 0 Å². The Morgan fingerprint density at radius 1 is 1.30 bits per heavy atom. The van der Waals surface area contributed by atoms with E-state index in [0.717, 1.165) is 0 Å². The average Bonchev–Trinajstić information content (AvgIpc) is 2.44. The van der Waals surface area contributed by atoms with Crippen LogP contribution >= 0.6 is 0 Å². The monoisotopic (exact) mass is 323 g/mol. The molecule has 1 N–H and O–H groups in total. The molecule has 0 saturated heterocycles. The number of H-pyrrole nitrogens is 1. The molecule has 7 nitrogen and oxygen atoms in total. The molecule has 0 radical (unpaired) electrons. The molecule has 0 unspecified atom stereocenters. The van der Waals surface area contributed by atoms with Crippen LogP contribution in [0.15, 0.2) is 4.79 Å². The molecule has 0 aromatic carbocycles. The second kappa shape index (κ2) is 7.39. The lowest BCUT2D eigenvalue weighted by Gasteiger charge is -2.20. The minimum absolute atomic E-state index is 0.0403. The van der Waals surface area contributed by atoms with Crippen molar-refractivity contribution in [1.82, 2.24) is 14.9 Å². The van der Waals surface area contributed by atoms with Crippen LogP contribution in [0.5, 0.6) is 0 Å². The highest BCUT2D eigenvalue weighted by Crippen LogP contribution is 2.17. The van der Waals surface area contributed by atoms with Crippen LogP contribution in [0.1, 0.15) is 55.5 Å². The number of aryl methyl sites for hydroxylation is 1. The van der Waals surface area contributed by atoms with E-state index in [1.807, 2.05) is 20.8 Å². The highest BCUT2D eigenvalue weighted by atomic mass is 16.5. The molecular formula is C16H25N3O4. The Hall–Kier alpha value is -2.18. The van der Waals surface area contributed by atoms with Gasteiger partial charge in [-0.3, -0.25) is 14.4 Å². The summed E-state index contributed by atoms with van der Waals surface area (Å²) in [5, 5.41) is 0. The standard InChI is InChI=1S/C16H25N3O4/c1-10-12(13(21)18-15(17-10)16(2,3)4)14(22)19(5)9-7-8-11(20)23-6/h7-9H2,1-6H3,(H,17,18,21). The van der Waals surface area contributed by atoms with E-state index in [4.69, 9.17) is 0 Å². The summed E-state index contributed by atoms with van der Waals surface area (Å²) in [6.07, 6.45) is 0.698. The number of ether oxygens (including phenoxy) is 1. The van der Waals surface area contributed by atoms with E-state index in [0.29, 0.717) is 24.5 Å². The first kappa shape index (κ1) is 18.9. The van der Waals surface area contributed by atoms with Crippen LogP contribution in [-0.4, -0.2) is 47.4 Å². The molecule has 0 aliphatic heterocycles. The van der Waals surface area contributed by atoms with Gasteiger partial charge in [-0.2, -0.15) is 0 Å². The number of aromatic amines is 1. The molecule has 0 spiro atoms. The molecule has 128 valence electrons. The topological polar surface area (TPSA) is 92.4 Å². The van der Waals surface area contributed by atoms with Gasteiger partial charge in [0.1, 0.15) is 11.4 Å². The van der Waals surface area contributed by atoms with Gasteiger partial charge in [-0.15, -0.1) is 0 Å². The summed E-state index contributed by atoms with van der Waals surface area (Å²) in [5.41, 5.74) is -0.299. The van der Waals surface area contributed by atoms with Crippen molar-refractivity contribution in [3.8, 4) is 0 Å². The van der Waals surface area contributed by atoms with Crippen molar-refractivity contribution in [2.24, 2.45) is 0 Å². The molecule has 1 aromatic heterocycles. The molecule has 1 heterocycles. The summed E-state index contributed by atoms with van der Waals surface area (Å²) in [4.78, 5) is 44.2. The Bertz CT molecular complexity index is 644. The number of methoxy groups -OCH3 is 1. The fourth-order valence-electron chi connectivity index (χ4n) is 2.05. The number of nitrogens with one attached hydrogen (secondary N) is 1. The number of hydrogen-bond donors (Lipinski definition) is 1. The summed E-state index contributed by atoms with van der Waals surface area (Å²) < 4.78 is 4.55. The summed E-state index contributed by atoms with van der Waals surface area (Å²) in [7, 11) is 2.92. The largest absolute Gasteiger partial charge is 0.469 e. The van der Waals surface area contributed by atoms with Gasteiger partial charge >= 0.3 is 5.97 Å². The SMILES string of the molecule is COC(=O)CCCN(C)C(=O)c1c(C)nc(C(C)(C)C)[nH]c1=O. The van der Waals surface area contributed by atoms with E-state index >= 15 is 0 Å². The molecule has 0 saturated carbocycles. The van der Waals surface area contributed by atoms with Crippen molar-refractivity contribution >= 4 is 11.9 Å². The fourth-order valence-corrected chi connectivity index (χ4v) is 2.05. The number of aromatic nitrogens is 2. The minimum Gasteiger partial charge on any atom is -0.469 e. The third kappa shape index (κ3) is 4.91. The van der Waals surface area contributed by atoms with Gasteiger partial charge in [-0.25, -0.2) is 4.98 Å². The van der Waals surface area contributed by atoms with Crippen LogP contribution < -0.4 is 5.56 Å². The Morgan fingerprint density at radius 3 is 2.39 bits per heavy atom. The maximum absolute atomic E-state index is 12.4. The lowest BCUT2D eigenvalue weighted by Crippen LogP contribution is -2.35. The van der Waals surface area contributed by atoms with Crippen LogP contribution in [0.2, 0.25) is 0 Å². The zero-order chi connectivity index (χ0) is 17.8. The van der Waals surface area contributed by atoms with E-state index in [1.54, 1.807) is 14.0 Å². The predicted molar refractivity (Wildman–Crippen MR) is 86.5 cm³/mol. The number of esters is 1. The number of nitrogens with zero attached hydrogens (tertiary/aromatic N) is 2. The van der Waals surface area contributed by atoms with E-state index in [9.17, 15) is 14.4 Å². The molecular weight excluding hydrogens is 298 g/mol. The molecule has 1 aromatic rings. The summed E-state index contributed by atoms with van der Waals surface area (Å²) in [6.45, 7) is 7.81. The molecule has 1 rings (SSSR count). The molecule has 0 aliphatic rings. The maximum atomic E-state index is 12.4. The normalized spacial score (nSPS) is 11.2. The van der Waals surface area contributed by atoms with Crippen LogP contribution in [-0.2, 0) is 14.9 Å². The highest BCUT2D eigenvalue weighted by molar-refractivity contribution is 5.94. The van der Waals surface area contributed by atoms with Gasteiger partial charge in [0.25, 0.3) is 11.5 Å². The van der Waals surface area contributed by atoms with Gasteiger partial charge in [-0.05, 0) is 13.3 Å². The third-order valence-electron chi connectivity index (χ3n) is 3.47. The first-order chi connectivity index (χ1) is 10.6.